The third-order valence-electron chi connectivity index (χ3n) is 2.47. The molecule has 0 saturated heterocycles. The van der Waals surface area contributed by atoms with Crippen molar-refractivity contribution < 1.29 is 4.39 Å². The highest BCUT2D eigenvalue weighted by atomic mass is 32.2. The second-order valence-corrected chi connectivity index (χ2v) is 4.37. The van der Waals surface area contributed by atoms with Gasteiger partial charge in [0, 0.05) is 18.0 Å². The van der Waals surface area contributed by atoms with Crippen LogP contribution in [-0.2, 0) is 0 Å². The van der Waals surface area contributed by atoms with E-state index in [0.717, 1.165) is 17.7 Å². The zero-order valence-electron chi connectivity index (χ0n) is 7.48. The Hall–Kier alpha value is -1.03. The summed E-state index contributed by atoms with van der Waals surface area (Å²) in [5, 5.41) is 0. The Kier molecular flexibility index (Phi) is 1.77. The Morgan fingerprint density at radius 1 is 1.43 bits per heavy atom. The maximum absolute atomic E-state index is 13.6. The molecule has 3 rings (SSSR count). The first-order valence-corrected chi connectivity index (χ1v) is 5.41. The number of benzene rings is 1. The van der Waals surface area contributed by atoms with Gasteiger partial charge in [0.15, 0.2) is 0 Å². The highest BCUT2D eigenvalue weighted by Crippen LogP contribution is 2.41. The molecule has 0 atom stereocenters. The highest BCUT2D eigenvalue weighted by molar-refractivity contribution is 7.98. The third kappa shape index (κ3) is 1.21. The van der Waals surface area contributed by atoms with Crippen LogP contribution in [0, 0.1) is 5.82 Å². The van der Waals surface area contributed by atoms with Gasteiger partial charge in [0.2, 0.25) is 0 Å². The summed E-state index contributed by atoms with van der Waals surface area (Å²) >= 11 is 1.34. The second kappa shape index (κ2) is 2.98. The lowest BCUT2D eigenvalue weighted by atomic mass is 10.2. The fourth-order valence-electron chi connectivity index (χ4n) is 1.64. The zero-order chi connectivity index (χ0) is 9.54. The van der Waals surface area contributed by atoms with Gasteiger partial charge >= 0.3 is 0 Å². The van der Waals surface area contributed by atoms with Crippen LogP contribution in [0.2, 0.25) is 0 Å². The number of rotatable bonds is 1. The van der Waals surface area contributed by atoms with Crippen LogP contribution in [0.15, 0.2) is 27.5 Å². The Labute approximate surface area is 86.0 Å². The fourth-order valence-corrected chi connectivity index (χ4v) is 2.33. The maximum Gasteiger partial charge on any atom is 0.148 e. The zero-order valence-corrected chi connectivity index (χ0v) is 8.30. The first kappa shape index (κ1) is 8.29. The van der Waals surface area contributed by atoms with Crippen molar-refractivity contribution in [3.8, 4) is 0 Å². The van der Waals surface area contributed by atoms with E-state index in [1.807, 2.05) is 11.0 Å². The lowest BCUT2D eigenvalue weighted by Gasteiger charge is -2.24. The fraction of sp³-hybridized carbons (Fsp3) is 0.300. The molecule has 0 radical (unpaired) electrons. The van der Waals surface area contributed by atoms with E-state index in [-0.39, 0.29) is 5.82 Å². The molecule has 2 nitrogen and oxygen atoms in total. The average Bonchev–Trinajstić information content (AvgIpc) is 3.01. The van der Waals surface area contributed by atoms with Gasteiger partial charge in [-0.25, -0.2) is 8.79 Å². The standard InChI is InChI=1S/C10H9FN2S/c11-8-2-1-3-9-10(8)13(6-12-14-9)7-4-5-7/h1-3,6-7H,4-5H2. The molecule has 1 aromatic carbocycles. The molecular formula is C10H9FN2S. The van der Waals surface area contributed by atoms with Crippen LogP contribution in [0.3, 0.4) is 0 Å². The first-order chi connectivity index (χ1) is 6.86. The molecule has 1 saturated carbocycles. The van der Waals surface area contributed by atoms with Crippen LogP contribution >= 0.6 is 11.9 Å². The van der Waals surface area contributed by atoms with Crippen molar-refractivity contribution in [2.45, 2.75) is 23.8 Å². The Bertz CT molecular complexity index is 401. The van der Waals surface area contributed by atoms with E-state index < -0.39 is 0 Å². The molecule has 0 amide bonds. The molecule has 1 fully saturated rings. The number of halogens is 1. The van der Waals surface area contributed by atoms with Gasteiger partial charge in [-0.05, 0) is 25.0 Å². The number of nitrogens with zero attached hydrogens (tertiary/aromatic N) is 2. The van der Waals surface area contributed by atoms with E-state index >= 15 is 0 Å². The number of hydrogen-bond donors (Lipinski definition) is 0. The van der Waals surface area contributed by atoms with Crippen molar-refractivity contribution in [3.05, 3.63) is 24.0 Å². The summed E-state index contributed by atoms with van der Waals surface area (Å²) in [5.41, 5.74) is 0.704. The van der Waals surface area contributed by atoms with Crippen LogP contribution in [-0.4, -0.2) is 12.4 Å². The molecule has 1 aliphatic heterocycles. The van der Waals surface area contributed by atoms with Gasteiger partial charge in [-0.2, -0.15) is 0 Å². The summed E-state index contributed by atoms with van der Waals surface area (Å²) in [4.78, 5) is 2.88. The average molecular weight is 208 g/mol. The Balaban J connectivity index is 2.10. The molecule has 0 bridgehead atoms. The van der Waals surface area contributed by atoms with Crippen LogP contribution < -0.4 is 4.90 Å². The SMILES string of the molecule is Fc1cccc2c1N(C1CC1)C=NS2. The monoisotopic (exact) mass is 208 g/mol. The molecule has 0 N–H and O–H groups in total. The molecular weight excluding hydrogens is 199 g/mol. The lowest BCUT2D eigenvalue weighted by molar-refractivity contribution is 0.622. The Morgan fingerprint density at radius 3 is 3.07 bits per heavy atom. The van der Waals surface area contributed by atoms with Crippen LogP contribution in [0.4, 0.5) is 10.1 Å². The molecule has 0 spiro atoms. The summed E-state index contributed by atoms with van der Waals surface area (Å²) in [7, 11) is 0. The van der Waals surface area contributed by atoms with Gasteiger partial charge in [0.25, 0.3) is 0 Å². The molecule has 2 aliphatic rings. The van der Waals surface area contributed by atoms with Gasteiger partial charge in [-0.3, -0.25) is 0 Å². The molecule has 0 aromatic heterocycles. The minimum atomic E-state index is -0.145. The summed E-state index contributed by atoms with van der Waals surface area (Å²) < 4.78 is 17.7. The first-order valence-electron chi connectivity index (χ1n) is 4.63. The van der Waals surface area contributed by atoms with Gasteiger partial charge < -0.3 is 4.90 Å². The number of anilines is 1. The van der Waals surface area contributed by atoms with Crippen molar-refractivity contribution in [2.24, 2.45) is 4.40 Å². The maximum atomic E-state index is 13.6. The minimum absolute atomic E-state index is 0.145. The number of hydrogen-bond acceptors (Lipinski definition) is 3. The van der Waals surface area contributed by atoms with E-state index in [9.17, 15) is 4.39 Å². The minimum Gasteiger partial charge on any atom is -0.325 e. The van der Waals surface area contributed by atoms with E-state index in [0.29, 0.717) is 11.7 Å². The molecule has 4 heteroatoms. The topological polar surface area (TPSA) is 15.6 Å². The Morgan fingerprint density at radius 2 is 2.29 bits per heavy atom. The predicted molar refractivity (Wildman–Crippen MR) is 56.3 cm³/mol. The van der Waals surface area contributed by atoms with Gasteiger partial charge in [-0.1, -0.05) is 6.07 Å². The van der Waals surface area contributed by atoms with Crippen molar-refractivity contribution >= 4 is 24.0 Å². The quantitative estimate of drug-likeness (QED) is 0.659. The van der Waals surface area contributed by atoms with Crippen molar-refractivity contribution in [1.82, 2.24) is 0 Å². The molecule has 0 unspecified atom stereocenters. The van der Waals surface area contributed by atoms with Crippen molar-refractivity contribution in [2.75, 3.05) is 4.90 Å². The van der Waals surface area contributed by atoms with E-state index in [1.54, 1.807) is 12.4 Å². The second-order valence-electron chi connectivity index (χ2n) is 3.54. The van der Waals surface area contributed by atoms with Gasteiger partial charge in [-0.15, -0.1) is 0 Å². The molecule has 1 aliphatic carbocycles. The van der Waals surface area contributed by atoms with Crippen LogP contribution in [0.1, 0.15) is 12.8 Å². The van der Waals surface area contributed by atoms with Crippen LogP contribution in [0.5, 0.6) is 0 Å². The van der Waals surface area contributed by atoms with Crippen molar-refractivity contribution in [3.63, 3.8) is 0 Å². The third-order valence-corrected chi connectivity index (χ3v) is 3.20. The summed E-state index contributed by atoms with van der Waals surface area (Å²) in [6, 6.07) is 5.62. The molecule has 72 valence electrons. The highest BCUT2D eigenvalue weighted by Gasteiger charge is 2.32. The summed E-state index contributed by atoms with van der Waals surface area (Å²) in [5.74, 6) is -0.145. The molecule has 14 heavy (non-hydrogen) atoms. The van der Waals surface area contributed by atoms with Crippen LogP contribution in [0.25, 0.3) is 0 Å². The number of para-hydroxylation sites is 1. The summed E-state index contributed by atoms with van der Waals surface area (Å²) in [6.07, 6.45) is 4.03. The number of fused-ring (bicyclic) bond motifs is 1. The van der Waals surface area contributed by atoms with Gasteiger partial charge in [0.05, 0.1) is 10.6 Å². The van der Waals surface area contributed by atoms with E-state index in [2.05, 4.69) is 4.40 Å². The van der Waals surface area contributed by atoms with Crippen molar-refractivity contribution in [1.29, 1.82) is 0 Å². The smallest absolute Gasteiger partial charge is 0.148 e. The van der Waals surface area contributed by atoms with Gasteiger partial charge in [0.1, 0.15) is 12.2 Å². The molecule has 1 aromatic rings. The molecule has 1 heterocycles. The van der Waals surface area contributed by atoms with E-state index in [4.69, 9.17) is 0 Å². The largest absolute Gasteiger partial charge is 0.325 e. The normalized spacial score (nSPS) is 19.6. The predicted octanol–water partition coefficient (Wildman–Crippen LogP) is 2.84. The summed E-state index contributed by atoms with van der Waals surface area (Å²) in [6.45, 7) is 0. The lowest BCUT2D eigenvalue weighted by Crippen LogP contribution is -2.26. The van der Waals surface area contributed by atoms with E-state index in [1.165, 1.54) is 18.0 Å².